The molecule has 0 amide bonds. The second-order valence-corrected chi connectivity index (χ2v) is 11.6. The summed E-state index contributed by atoms with van der Waals surface area (Å²) < 4.78 is 79.0. The number of hydrogen-bond acceptors (Lipinski definition) is 0. The number of benzene rings is 2. The van der Waals surface area contributed by atoms with E-state index in [2.05, 4.69) is 68.5 Å². The number of alkyl halides is 6. The Labute approximate surface area is 247 Å². The van der Waals surface area contributed by atoms with Gasteiger partial charge in [-0.3, -0.25) is 6.08 Å². The molecule has 1 unspecified atom stereocenters. The summed E-state index contributed by atoms with van der Waals surface area (Å²) in [5, 5.41) is 2.29. The van der Waals surface area contributed by atoms with Crippen molar-refractivity contribution >= 4 is 37.7 Å². The predicted octanol–water partition coefficient (Wildman–Crippen LogP) is 8.15. The molecule has 0 aliphatic heterocycles. The summed E-state index contributed by atoms with van der Waals surface area (Å²) >= 11 is 0. The molecule has 0 bridgehead atoms. The zero-order valence-corrected chi connectivity index (χ0v) is 26.2. The van der Waals surface area contributed by atoms with Crippen molar-refractivity contribution in [2.45, 2.75) is 53.1 Å². The van der Waals surface area contributed by atoms with Gasteiger partial charge in [-0.15, -0.1) is 43.5 Å². The molecule has 0 aromatic heterocycles. The molecule has 1 aliphatic carbocycles. The third-order valence-electron chi connectivity index (χ3n) is 6.36. The molecule has 0 saturated carbocycles. The maximum absolute atomic E-state index is 13.2. The fourth-order valence-electron chi connectivity index (χ4n) is 4.08. The first-order valence-corrected chi connectivity index (χ1v) is 14.5. The van der Waals surface area contributed by atoms with Crippen molar-refractivity contribution in [1.82, 2.24) is 0 Å². The number of allylic oxidation sites excluding steroid dienone is 4. The Kier molecular flexibility index (Phi) is 13.1. The van der Waals surface area contributed by atoms with Gasteiger partial charge in [0.05, 0.1) is 0 Å². The Bertz CT molecular complexity index is 1430. The van der Waals surface area contributed by atoms with Gasteiger partial charge in [0, 0.05) is 0 Å². The van der Waals surface area contributed by atoms with Crippen LogP contribution in [0.3, 0.4) is 0 Å². The monoisotopic (exact) mass is 633 g/mol. The van der Waals surface area contributed by atoms with Gasteiger partial charge in [0.25, 0.3) is 0 Å². The summed E-state index contributed by atoms with van der Waals surface area (Å²) in [6.07, 6.45) is -5.00. The molecule has 1 atom stereocenters. The van der Waals surface area contributed by atoms with Crippen molar-refractivity contribution < 1.29 is 52.5 Å². The van der Waals surface area contributed by atoms with Gasteiger partial charge in [0.2, 0.25) is 0 Å². The second-order valence-electron chi connectivity index (χ2n) is 9.07. The first-order chi connectivity index (χ1) is 17.6. The maximum atomic E-state index is 13.2. The summed E-state index contributed by atoms with van der Waals surface area (Å²) in [5.74, 6) is -2.78. The van der Waals surface area contributed by atoms with Crippen LogP contribution in [0.4, 0.5) is 26.3 Å². The largest absolute Gasteiger partial charge is 2.00 e. The molecular formula is C30H30BF6SiZr. The predicted molar refractivity (Wildman–Crippen MR) is 148 cm³/mol. The van der Waals surface area contributed by atoms with E-state index in [1.165, 1.54) is 40.1 Å². The average molecular weight is 635 g/mol. The molecule has 0 saturated heterocycles. The molecule has 4 rings (SSSR count). The van der Waals surface area contributed by atoms with Crippen LogP contribution >= 0.6 is 0 Å². The minimum Gasteiger partial charge on any atom is -0.168 e. The van der Waals surface area contributed by atoms with Crippen LogP contribution in [0.5, 0.6) is 0 Å². The normalized spacial score (nSPS) is 15.5. The molecule has 0 fully saturated rings. The summed E-state index contributed by atoms with van der Waals surface area (Å²) in [5.41, 5.74) is 0.0626. The summed E-state index contributed by atoms with van der Waals surface area (Å²) in [7, 11) is 4.04. The van der Waals surface area contributed by atoms with Crippen molar-refractivity contribution in [3.63, 3.8) is 0 Å². The van der Waals surface area contributed by atoms with Crippen LogP contribution in [-0.2, 0) is 26.2 Å². The number of hydrogen-bond donors (Lipinski definition) is 0. The molecule has 203 valence electrons. The summed E-state index contributed by atoms with van der Waals surface area (Å²) in [6.45, 7) is 11.6. The average Bonchev–Trinajstić information content (AvgIpc) is 3.46. The van der Waals surface area contributed by atoms with Gasteiger partial charge >= 0.3 is 145 Å². The Morgan fingerprint density at radius 2 is 1.59 bits per heavy atom. The number of halogens is 6. The van der Waals surface area contributed by atoms with E-state index in [1.54, 1.807) is 13.1 Å². The maximum Gasteiger partial charge on any atom is 2.00 e. The molecule has 0 spiro atoms. The van der Waals surface area contributed by atoms with Crippen LogP contribution in [0.2, 0.25) is 13.1 Å². The van der Waals surface area contributed by atoms with Gasteiger partial charge in [-0.1, -0.05) is 19.9 Å². The molecule has 1 aliphatic rings. The van der Waals surface area contributed by atoms with E-state index in [4.69, 9.17) is 7.49 Å². The van der Waals surface area contributed by atoms with Gasteiger partial charge in [0.1, 0.15) is 0 Å². The second kappa shape index (κ2) is 14.6. The fourth-order valence-corrected chi connectivity index (χ4v) is 5.28. The van der Waals surface area contributed by atoms with E-state index in [1.807, 2.05) is 13.8 Å². The molecule has 9 heteroatoms. The van der Waals surface area contributed by atoms with Gasteiger partial charge in [0.15, 0.2) is 0 Å². The van der Waals surface area contributed by atoms with Crippen LogP contribution in [-0.4, -0.2) is 33.7 Å². The third kappa shape index (κ3) is 8.75. The first-order valence-electron chi connectivity index (χ1n) is 12.0. The zero-order valence-electron chi connectivity index (χ0n) is 22.8. The van der Waals surface area contributed by atoms with Crippen molar-refractivity contribution in [3.05, 3.63) is 99.6 Å². The minimum atomic E-state index is -5.08. The number of fused-ring (bicyclic) bond motifs is 2. The van der Waals surface area contributed by atoms with Crippen LogP contribution in [0.15, 0.2) is 77.9 Å². The molecule has 0 N–H and O–H groups in total. The van der Waals surface area contributed by atoms with E-state index < -0.39 is 37.7 Å². The minimum absolute atomic E-state index is 0. The molecule has 3 aromatic carbocycles. The topological polar surface area (TPSA) is 0 Å². The van der Waals surface area contributed by atoms with E-state index in [0.29, 0.717) is 4.81 Å². The van der Waals surface area contributed by atoms with E-state index in [0.717, 1.165) is 0 Å². The zero-order chi connectivity index (χ0) is 28.8. The molecule has 3 aromatic rings. The third-order valence-corrected chi connectivity index (χ3v) is 7.86. The Morgan fingerprint density at radius 3 is 2.05 bits per heavy atom. The number of rotatable bonds is 1. The molecule has 39 heavy (non-hydrogen) atoms. The first kappa shape index (κ1) is 35.0. The smallest absolute Gasteiger partial charge is 0.168 e. The van der Waals surface area contributed by atoms with Crippen molar-refractivity contribution in [3.8, 4) is 0 Å². The van der Waals surface area contributed by atoms with Gasteiger partial charge < -0.3 is 0 Å². The fraction of sp³-hybridized carbons (Fsp3) is 0.300. The van der Waals surface area contributed by atoms with Gasteiger partial charge in [-0.05, 0) is 0 Å². The van der Waals surface area contributed by atoms with Gasteiger partial charge in [-0.2, -0.15) is 23.6 Å². The van der Waals surface area contributed by atoms with Crippen LogP contribution in [0.25, 0.3) is 16.3 Å². The van der Waals surface area contributed by atoms with E-state index >= 15 is 0 Å². The Morgan fingerprint density at radius 1 is 0.974 bits per heavy atom. The standard InChI is InChI=1S/C13H10BF6Si.C9H7.C8H13.Zr/c1-21(2)7-5-3-4-6-8(7)9(12(15,16)17)10(11(6)14)13(18,19)20;1-2-5-9-7-3-6-8(9)4-1;1-5-7(3)8(4)6-2;/h3-5,10H,1-2H3;1-7H;5H,1-4H3;/q;2*-1;+2. The van der Waals surface area contributed by atoms with E-state index in [9.17, 15) is 26.3 Å². The quantitative estimate of drug-likeness (QED) is 0.110. The van der Waals surface area contributed by atoms with Crippen molar-refractivity contribution in [2.75, 3.05) is 0 Å². The van der Waals surface area contributed by atoms with Crippen LogP contribution < -0.4 is 5.22 Å². The van der Waals surface area contributed by atoms with Crippen molar-refractivity contribution in [1.29, 1.82) is 0 Å². The van der Waals surface area contributed by atoms with Crippen LogP contribution in [0, 0.1) is 16.8 Å². The summed E-state index contributed by atoms with van der Waals surface area (Å²) in [6, 6.07) is 18.8. The summed E-state index contributed by atoms with van der Waals surface area (Å²) in [4.78, 5) is 0.319. The molecule has 0 nitrogen and oxygen atoms in total. The van der Waals surface area contributed by atoms with Crippen molar-refractivity contribution in [2.24, 2.45) is 5.92 Å². The molecular weight excluding hydrogens is 604 g/mol. The molecule has 1 radical (unpaired) electrons. The Balaban J connectivity index is 0.000000347. The van der Waals surface area contributed by atoms with E-state index in [-0.39, 0.29) is 37.0 Å². The molecule has 0 heterocycles. The SMILES string of the molecule is C[C-]=C(C)C(C)=CC.[B]=C1c2cccc(=[Si](C)C)c2=C(C(F)(F)F)C1C(F)(F)F.[Zr+2].c1ccc2[cH-]ccc2c1. The van der Waals surface area contributed by atoms with Gasteiger partial charge in [-0.25, -0.2) is 11.1 Å². The van der Waals surface area contributed by atoms with Crippen LogP contribution in [0.1, 0.15) is 33.3 Å². The Hall–Kier alpha value is -1.99.